The lowest BCUT2D eigenvalue weighted by molar-refractivity contribution is -0.136. The number of hydrogen-bond donors (Lipinski definition) is 15. The zero-order valence-corrected chi connectivity index (χ0v) is 36.9. The summed E-state index contributed by atoms with van der Waals surface area (Å²) < 4.78 is 15.7. The van der Waals surface area contributed by atoms with Gasteiger partial charge in [-0.15, -0.1) is 0 Å². The largest absolute Gasteiger partial charge is 0.524 e. The highest BCUT2D eigenvalue weighted by molar-refractivity contribution is 7.46. The molecule has 7 atom stereocenters. The smallest absolute Gasteiger partial charge is 0.404 e. The minimum Gasteiger partial charge on any atom is -0.404 e. The Kier molecular flexibility index (Phi) is 24.7. The van der Waals surface area contributed by atoms with Crippen LogP contribution in [-0.4, -0.2) is 129 Å². The zero-order chi connectivity index (χ0) is 49.4. The van der Waals surface area contributed by atoms with Gasteiger partial charge in [0.1, 0.15) is 42.0 Å². The number of unbranched alkanes of at least 4 members (excludes halogenated alkanes) is 1. The molecule has 27 nitrogen and oxygen atoms in total. The van der Waals surface area contributed by atoms with Gasteiger partial charge in [0.05, 0.1) is 6.10 Å². The van der Waals surface area contributed by atoms with Crippen molar-refractivity contribution in [1.29, 1.82) is 0 Å². The summed E-state index contributed by atoms with van der Waals surface area (Å²) in [5.41, 5.74) is 32.7. The van der Waals surface area contributed by atoms with Crippen LogP contribution < -0.4 is 70.8 Å². The summed E-state index contributed by atoms with van der Waals surface area (Å²) >= 11 is 0. The quantitative estimate of drug-likeness (QED) is 0.0143. The summed E-state index contributed by atoms with van der Waals surface area (Å²) in [4.78, 5) is 138. The van der Waals surface area contributed by atoms with Gasteiger partial charge in [-0.05, 0) is 76.1 Å². The topological polar surface area (TPSA) is 481 Å². The van der Waals surface area contributed by atoms with Crippen molar-refractivity contribution in [3.63, 3.8) is 0 Å². The van der Waals surface area contributed by atoms with Gasteiger partial charge >= 0.3 is 7.82 Å². The first kappa shape index (κ1) is 56.6. The molecule has 0 spiro atoms. The van der Waals surface area contributed by atoms with Crippen molar-refractivity contribution in [3.05, 3.63) is 29.8 Å². The van der Waals surface area contributed by atoms with Gasteiger partial charge < -0.3 is 75.9 Å². The van der Waals surface area contributed by atoms with Gasteiger partial charge in [0, 0.05) is 32.7 Å². The number of phosphoric acid groups is 1. The Morgan fingerprint density at radius 1 is 0.646 bits per heavy atom. The molecule has 0 bridgehead atoms. The molecule has 9 amide bonds. The highest BCUT2D eigenvalue weighted by Crippen LogP contribution is 2.37. The molecule has 0 aliphatic heterocycles. The number of benzene rings is 1. The summed E-state index contributed by atoms with van der Waals surface area (Å²) in [6.45, 7) is 2.55. The maximum atomic E-state index is 13.9. The number of aliphatic imine (C=N–C) groups is 1. The highest BCUT2D eigenvalue weighted by atomic mass is 31.2. The maximum Gasteiger partial charge on any atom is 0.524 e. The number of carbonyl (C=O) groups is 9. The van der Waals surface area contributed by atoms with E-state index in [1.54, 1.807) is 0 Å². The molecule has 0 fully saturated rings. The lowest BCUT2D eigenvalue weighted by Crippen LogP contribution is -2.61. The normalized spacial score (nSPS) is 14.3. The Bertz CT molecular complexity index is 1890. The Hall–Kier alpha value is -6.41. The van der Waals surface area contributed by atoms with E-state index in [0.717, 1.165) is 13.8 Å². The number of primary amides is 3. The molecule has 0 aliphatic rings. The van der Waals surface area contributed by atoms with Crippen molar-refractivity contribution in [3.8, 4) is 5.75 Å². The maximum absolute atomic E-state index is 13.9. The Morgan fingerprint density at radius 2 is 1.11 bits per heavy atom. The fourth-order valence-corrected chi connectivity index (χ4v) is 6.31. The molecule has 0 aliphatic carbocycles. The van der Waals surface area contributed by atoms with Gasteiger partial charge in [-0.3, -0.25) is 57.9 Å². The van der Waals surface area contributed by atoms with E-state index in [2.05, 4.69) is 41.4 Å². The van der Waals surface area contributed by atoms with E-state index in [1.807, 2.05) is 0 Å². The number of nitrogens with two attached hydrogens (primary N) is 6. The number of rotatable bonds is 31. The molecule has 28 heteroatoms. The van der Waals surface area contributed by atoms with E-state index in [9.17, 15) is 52.8 Å². The average Bonchev–Trinajstić information content (AvgIpc) is 3.19. The zero-order valence-electron chi connectivity index (χ0n) is 36.0. The molecule has 1 aromatic carbocycles. The molecule has 1 aromatic rings. The van der Waals surface area contributed by atoms with Gasteiger partial charge in [0.25, 0.3) is 0 Å². The van der Waals surface area contributed by atoms with Gasteiger partial charge in [-0.2, -0.15) is 0 Å². The van der Waals surface area contributed by atoms with Crippen LogP contribution in [0.5, 0.6) is 5.75 Å². The molecular formula is C37H62N13O14P. The molecule has 364 valence electrons. The molecule has 0 heterocycles. The fourth-order valence-electron chi connectivity index (χ4n) is 5.91. The van der Waals surface area contributed by atoms with E-state index in [1.165, 1.54) is 24.3 Å². The van der Waals surface area contributed by atoms with Crippen LogP contribution in [-0.2, 0) is 54.1 Å². The minimum atomic E-state index is -4.87. The van der Waals surface area contributed by atoms with Gasteiger partial charge in [0.2, 0.25) is 53.2 Å². The Labute approximate surface area is 373 Å². The van der Waals surface area contributed by atoms with Crippen molar-refractivity contribution in [1.82, 2.24) is 31.9 Å². The minimum absolute atomic E-state index is 0.0216. The number of nitrogens with one attached hydrogen (secondary N) is 6. The average molecular weight is 944 g/mol. The SMILES string of the molecule is CC(=O)N[C@@H](Cc1ccc(OP(=O)(O)O)cc1)C(=O)N[C@@H](CCC(N)=O)C(=O)N[C@@H](CCCCN)C(=O)N[C@@H](CCC(N)=O)C(=O)N[C@H](C(=O)N[C@@H](CCCN=C(N)N)C(N)=O)[C@@H](C)O. The molecule has 0 saturated carbocycles. The van der Waals surface area contributed by atoms with E-state index in [-0.39, 0.29) is 63.3 Å². The van der Waals surface area contributed by atoms with Crippen molar-refractivity contribution in [2.24, 2.45) is 39.4 Å². The van der Waals surface area contributed by atoms with Gasteiger partial charge in [0.15, 0.2) is 5.96 Å². The standard InChI is InChI=1S/C37H62N13O14P/c1-19(51)30(36(60)46-23(31(41)55)7-5-17-44-37(42)43)50-34(58)26(13-15-29(40)54)48-32(56)24(6-3-4-16-38)47-33(57)25(12-14-28(39)53)49-35(59)27(45-20(2)52)18-21-8-10-22(11-9-21)64-65(61,62)63/h8-11,19,23-27,30,51H,3-7,12-18,38H2,1-2H3,(H2,39,53)(H2,40,54)(H2,41,55)(H,45,52)(H,46,60)(H,47,57)(H,48,56)(H,49,59)(H,50,58)(H4,42,43,44)(H2,61,62,63)/t19-,23+,24+,25+,26+,27+,30+/m1/s1. The molecule has 0 saturated heterocycles. The number of phosphoric ester groups is 1. The second kappa shape index (κ2) is 28.4. The third-order valence-electron chi connectivity index (χ3n) is 9.15. The van der Waals surface area contributed by atoms with E-state index in [0.29, 0.717) is 12.0 Å². The number of guanidine groups is 1. The summed E-state index contributed by atoms with van der Waals surface area (Å²) in [6.07, 6.45) is -2.80. The van der Waals surface area contributed by atoms with E-state index < -0.39 is 123 Å². The van der Waals surface area contributed by atoms with Crippen LogP contribution in [0.25, 0.3) is 0 Å². The van der Waals surface area contributed by atoms with Crippen LogP contribution in [0.1, 0.15) is 77.2 Å². The number of aliphatic hydroxyl groups excluding tert-OH is 1. The lowest BCUT2D eigenvalue weighted by atomic mass is 10.0. The first-order valence-corrected chi connectivity index (χ1v) is 21.8. The Morgan fingerprint density at radius 3 is 1.54 bits per heavy atom. The van der Waals surface area contributed by atoms with Crippen molar-refractivity contribution < 1.29 is 67.1 Å². The first-order valence-electron chi connectivity index (χ1n) is 20.3. The second-order valence-corrected chi connectivity index (χ2v) is 16.0. The van der Waals surface area contributed by atoms with Crippen molar-refractivity contribution >= 4 is 66.9 Å². The van der Waals surface area contributed by atoms with E-state index >= 15 is 0 Å². The van der Waals surface area contributed by atoms with Gasteiger partial charge in [-0.1, -0.05) is 12.1 Å². The van der Waals surface area contributed by atoms with Crippen LogP contribution in [0.4, 0.5) is 0 Å². The molecule has 65 heavy (non-hydrogen) atoms. The van der Waals surface area contributed by atoms with Crippen LogP contribution >= 0.6 is 7.82 Å². The highest BCUT2D eigenvalue weighted by Gasteiger charge is 2.35. The number of carbonyl (C=O) groups excluding carboxylic acids is 9. The molecular weight excluding hydrogens is 881 g/mol. The predicted molar refractivity (Wildman–Crippen MR) is 231 cm³/mol. The third kappa shape index (κ3) is 23.7. The predicted octanol–water partition coefficient (Wildman–Crippen LogP) is -5.79. The number of nitrogens with zero attached hydrogens (tertiary/aromatic N) is 1. The molecule has 21 N–H and O–H groups in total. The number of amides is 9. The summed E-state index contributed by atoms with van der Waals surface area (Å²) in [5.74, 6) is -8.76. The van der Waals surface area contributed by atoms with Crippen LogP contribution in [0.2, 0.25) is 0 Å². The lowest BCUT2D eigenvalue weighted by Gasteiger charge is -2.28. The molecule has 0 aromatic heterocycles. The fraction of sp³-hybridized carbons (Fsp3) is 0.568. The molecule has 0 unspecified atom stereocenters. The molecule has 0 radical (unpaired) electrons. The summed E-state index contributed by atoms with van der Waals surface area (Å²) in [6, 6.07) is -3.82. The van der Waals surface area contributed by atoms with Crippen LogP contribution in [0.3, 0.4) is 0 Å². The van der Waals surface area contributed by atoms with Gasteiger partial charge in [-0.25, -0.2) is 4.57 Å². The number of aliphatic hydroxyl groups is 1. The number of hydrogen-bond acceptors (Lipinski definition) is 14. The second-order valence-electron chi connectivity index (χ2n) is 14.8. The monoisotopic (exact) mass is 943 g/mol. The first-order chi connectivity index (χ1) is 30.3. The van der Waals surface area contributed by atoms with Crippen molar-refractivity contribution in [2.45, 2.75) is 120 Å². The third-order valence-corrected chi connectivity index (χ3v) is 9.60. The summed E-state index contributed by atoms with van der Waals surface area (Å²) in [7, 11) is -4.87. The van der Waals surface area contributed by atoms with Crippen LogP contribution in [0.15, 0.2) is 29.3 Å². The van der Waals surface area contributed by atoms with Crippen molar-refractivity contribution in [2.75, 3.05) is 13.1 Å². The summed E-state index contributed by atoms with van der Waals surface area (Å²) in [5, 5.41) is 24.9. The van der Waals surface area contributed by atoms with Crippen LogP contribution in [0, 0.1) is 0 Å². The Balaban J connectivity index is 3.39. The van der Waals surface area contributed by atoms with E-state index in [4.69, 9.17) is 44.2 Å². The molecule has 1 rings (SSSR count).